The fraction of sp³-hybridized carbons (Fsp3) is 0.429. The minimum Gasteiger partial charge on any atom is -0.0893 e. The highest BCUT2D eigenvalue weighted by Crippen LogP contribution is 2.44. The lowest BCUT2D eigenvalue weighted by molar-refractivity contribution is 0.419. The Bertz CT molecular complexity index is 882. The van der Waals surface area contributed by atoms with E-state index in [2.05, 4.69) is 66.0 Å². The molecule has 2 aromatic rings. The van der Waals surface area contributed by atoms with Gasteiger partial charge in [0.25, 0.3) is 0 Å². The highest BCUT2D eigenvalue weighted by molar-refractivity contribution is 6.84. The van der Waals surface area contributed by atoms with Crippen LogP contribution in [0.4, 0.5) is 0 Å². The summed E-state index contributed by atoms with van der Waals surface area (Å²) in [6.45, 7) is 0. The zero-order valence-electron chi connectivity index (χ0n) is 17.7. The molecule has 3 aliphatic rings. The lowest BCUT2D eigenvalue weighted by atomic mass is 9.73. The molecule has 0 N–H and O–H groups in total. The van der Waals surface area contributed by atoms with E-state index in [1.54, 1.807) is 21.9 Å². The van der Waals surface area contributed by atoms with Crippen molar-refractivity contribution in [1.82, 2.24) is 0 Å². The van der Waals surface area contributed by atoms with E-state index in [1.807, 2.05) is 0 Å². The molecule has 0 bridgehead atoms. The van der Waals surface area contributed by atoms with Crippen LogP contribution in [-0.4, -0.2) is 8.80 Å². The Morgan fingerprint density at radius 3 is 1.93 bits per heavy atom. The molecule has 1 heterocycles. The van der Waals surface area contributed by atoms with Gasteiger partial charge in [-0.3, -0.25) is 0 Å². The van der Waals surface area contributed by atoms with Gasteiger partial charge in [-0.25, -0.2) is 0 Å². The van der Waals surface area contributed by atoms with Crippen molar-refractivity contribution in [3.05, 3.63) is 77.1 Å². The van der Waals surface area contributed by atoms with Crippen LogP contribution in [0.15, 0.2) is 66.0 Å². The van der Waals surface area contributed by atoms with E-state index in [9.17, 15) is 0 Å². The smallest absolute Gasteiger partial charge is 0.0893 e. The molecule has 0 amide bonds. The average Bonchev–Trinajstić information content (AvgIpc) is 3.35. The van der Waals surface area contributed by atoms with E-state index in [0.29, 0.717) is 0 Å². The predicted molar refractivity (Wildman–Crippen MR) is 129 cm³/mol. The molecule has 0 aromatic heterocycles. The molecule has 2 fully saturated rings. The van der Waals surface area contributed by atoms with Crippen LogP contribution in [0, 0.1) is 0 Å². The van der Waals surface area contributed by atoms with Crippen LogP contribution in [-0.2, 0) is 0 Å². The van der Waals surface area contributed by atoms with E-state index < -0.39 is 8.80 Å². The minimum absolute atomic E-state index is 0.765. The number of hydrogen-bond acceptors (Lipinski definition) is 0. The van der Waals surface area contributed by atoms with Crippen LogP contribution in [0.25, 0.3) is 11.1 Å². The van der Waals surface area contributed by atoms with Crippen molar-refractivity contribution in [3.8, 4) is 11.1 Å². The van der Waals surface area contributed by atoms with Crippen molar-refractivity contribution in [2.24, 2.45) is 0 Å². The molecule has 0 atom stereocenters. The van der Waals surface area contributed by atoms with Crippen LogP contribution >= 0.6 is 0 Å². The molecule has 2 saturated carbocycles. The molecular weight excluding hydrogens is 364 g/mol. The summed E-state index contributed by atoms with van der Waals surface area (Å²) in [4.78, 5) is 0. The second-order valence-corrected chi connectivity index (χ2v) is 11.8. The standard InChI is InChI=1S/C28H34Si/c1-3-12-22(13-4-1)24-17-11-18-26(28(24)23-14-5-2-6-15-23)25-16-7-8-19-27(25)29-20-9-10-21-29/h7-11,16-23,29H,1-6,12-15H2. The molecule has 0 nitrogen and oxygen atoms in total. The largest absolute Gasteiger partial charge is 0.118 e. The number of rotatable bonds is 4. The molecule has 150 valence electrons. The van der Waals surface area contributed by atoms with E-state index >= 15 is 0 Å². The zero-order valence-corrected chi connectivity index (χ0v) is 18.8. The van der Waals surface area contributed by atoms with Gasteiger partial charge in [0.2, 0.25) is 0 Å². The first-order chi connectivity index (χ1) is 14.4. The Kier molecular flexibility index (Phi) is 5.85. The molecule has 0 spiro atoms. The highest BCUT2D eigenvalue weighted by atomic mass is 28.3. The van der Waals surface area contributed by atoms with Crippen molar-refractivity contribution in [2.45, 2.75) is 76.0 Å². The lowest BCUT2D eigenvalue weighted by Gasteiger charge is -2.32. The zero-order chi connectivity index (χ0) is 19.5. The van der Waals surface area contributed by atoms with Crippen LogP contribution in [0.2, 0.25) is 0 Å². The Balaban J connectivity index is 1.65. The number of allylic oxidation sites excluding steroid dienone is 2. The van der Waals surface area contributed by atoms with Crippen LogP contribution in [0.1, 0.15) is 87.2 Å². The van der Waals surface area contributed by atoms with Crippen LogP contribution in [0.3, 0.4) is 0 Å². The van der Waals surface area contributed by atoms with Crippen LogP contribution < -0.4 is 5.19 Å². The van der Waals surface area contributed by atoms with Gasteiger partial charge in [-0.15, -0.1) is 0 Å². The van der Waals surface area contributed by atoms with Crippen molar-refractivity contribution in [3.63, 3.8) is 0 Å². The lowest BCUT2D eigenvalue weighted by Crippen LogP contribution is -2.27. The molecule has 0 unspecified atom stereocenters. The molecule has 1 heteroatoms. The average molecular weight is 399 g/mol. The number of hydrogen-bond donors (Lipinski definition) is 0. The van der Waals surface area contributed by atoms with Crippen molar-refractivity contribution in [1.29, 1.82) is 0 Å². The molecule has 5 rings (SSSR count). The Labute approximate surface area is 178 Å². The van der Waals surface area contributed by atoms with E-state index in [4.69, 9.17) is 0 Å². The topological polar surface area (TPSA) is 0 Å². The molecule has 29 heavy (non-hydrogen) atoms. The molecule has 2 aliphatic carbocycles. The van der Waals surface area contributed by atoms with Gasteiger partial charge in [0.05, 0.1) is 0 Å². The quantitative estimate of drug-likeness (QED) is 0.482. The van der Waals surface area contributed by atoms with Gasteiger partial charge in [-0.2, -0.15) is 0 Å². The predicted octanol–water partition coefficient (Wildman–Crippen LogP) is 7.09. The fourth-order valence-electron chi connectivity index (χ4n) is 6.11. The van der Waals surface area contributed by atoms with Gasteiger partial charge in [0, 0.05) is 0 Å². The van der Waals surface area contributed by atoms with E-state index in [0.717, 1.165) is 11.8 Å². The van der Waals surface area contributed by atoms with Gasteiger partial charge in [-0.05, 0) is 65.0 Å². The maximum absolute atomic E-state index is 2.50. The first-order valence-electron chi connectivity index (χ1n) is 12.0. The minimum atomic E-state index is -1.12. The summed E-state index contributed by atoms with van der Waals surface area (Å²) < 4.78 is 0. The third-order valence-corrected chi connectivity index (χ3v) is 10.1. The summed E-state index contributed by atoms with van der Waals surface area (Å²) in [5, 5.41) is 1.61. The SMILES string of the molecule is C1=C[SiH](c2ccccc2-c2cccc(C3CCCCC3)c2C2CCCCC2)C=C1. The normalized spacial score (nSPS) is 21.1. The third-order valence-electron chi connectivity index (χ3n) is 7.56. The molecule has 0 saturated heterocycles. The summed E-state index contributed by atoms with van der Waals surface area (Å²) in [5.74, 6) is 1.55. The van der Waals surface area contributed by atoms with Crippen molar-refractivity contribution < 1.29 is 0 Å². The summed E-state index contributed by atoms with van der Waals surface area (Å²) >= 11 is 0. The maximum atomic E-state index is 2.50. The second kappa shape index (κ2) is 8.88. The second-order valence-electron chi connectivity index (χ2n) is 9.36. The Morgan fingerprint density at radius 1 is 0.586 bits per heavy atom. The van der Waals surface area contributed by atoms with Gasteiger partial charge in [0.15, 0.2) is 0 Å². The Hall–Kier alpha value is -1.86. The number of benzene rings is 2. The van der Waals surface area contributed by atoms with Gasteiger partial charge in [0.1, 0.15) is 8.80 Å². The third kappa shape index (κ3) is 3.94. The molecule has 0 radical (unpaired) electrons. The fourth-order valence-corrected chi connectivity index (χ4v) is 8.33. The van der Waals surface area contributed by atoms with Crippen molar-refractivity contribution >= 4 is 14.0 Å². The summed E-state index contributed by atoms with van der Waals surface area (Å²) in [6, 6.07) is 16.6. The van der Waals surface area contributed by atoms with Crippen LogP contribution in [0.5, 0.6) is 0 Å². The van der Waals surface area contributed by atoms with Crippen molar-refractivity contribution in [2.75, 3.05) is 0 Å². The Morgan fingerprint density at radius 2 is 1.21 bits per heavy atom. The van der Waals surface area contributed by atoms with E-state index in [1.165, 1.54) is 69.8 Å². The molecule has 1 aliphatic heterocycles. The summed E-state index contributed by atoms with van der Waals surface area (Å²) in [5.41, 5.74) is 11.5. The van der Waals surface area contributed by atoms with E-state index in [-0.39, 0.29) is 0 Å². The highest BCUT2D eigenvalue weighted by Gasteiger charge is 2.27. The summed E-state index contributed by atoms with van der Waals surface area (Å²) in [7, 11) is -1.12. The molecule has 2 aromatic carbocycles. The maximum Gasteiger partial charge on any atom is 0.118 e. The monoisotopic (exact) mass is 398 g/mol. The summed E-state index contributed by atoms with van der Waals surface area (Å²) in [6.07, 6.45) is 18.6. The van der Waals surface area contributed by atoms with Gasteiger partial charge in [-0.1, -0.05) is 105 Å². The van der Waals surface area contributed by atoms with Gasteiger partial charge >= 0.3 is 0 Å². The molecular formula is C28H34Si. The van der Waals surface area contributed by atoms with Gasteiger partial charge < -0.3 is 0 Å². The first-order valence-corrected chi connectivity index (χ1v) is 13.9. The first kappa shape index (κ1) is 19.1.